The molecule has 7 nitrogen and oxygen atoms in total. The number of carbonyl (C=O) groups is 1. The Morgan fingerprint density at radius 2 is 1.84 bits per heavy atom. The van der Waals surface area contributed by atoms with Crippen LogP contribution in [0.5, 0.6) is 11.5 Å². The average Bonchev–Trinajstić information content (AvgIpc) is 3.12. The highest BCUT2D eigenvalue weighted by Crippen LogP contribution is 2.37. The topological polar surface area (TPSA) is 76.2 Å². The summed E-state index contributed by atoms with van der Waals surface area (Å²) in [7, 11) is -0.796. The van der Waals surface area contributed by atoms with Gasteiger partial charge in [-0.3, -0.25) is 4.79 Å². The molecular weight excluding hydrogens is 496 g/mol. The van der Waals surface area contributed by atoms with Crippen LogP contribution in [0.4, 0.5) is 5.69 Å². The Balaban J connectivity index is 1.57. The molecule has 9 heteroatoms. The number of halogens is 1. The van der Waals surface area contributed by atoms with Gasteiger partial charge in [0.05, 0.1) is 25.0 Å². The SMILES string of the molecule is COc1ccc(S(=O)(=O)N2CCC[C@@H](C(=O)N3c4ccc(Br)cc4C[C@@H]3C)C2)cc1OC. The molecule has 1 saturated heterocycles. The summed E-state index contributed by atoms with van der Waals surface area (Å²) in [5.74, 6) is 0.430. The number of sulfonamides is 1. The number of rotatable bonds is 5. The van der Waals surface area contributed by atoms with Crippen LogP contribution in [0.25, 0.3) is 0 Å². The second kappa shape index (κ2) is 9.03. The maximum Gasteiger partial charge on any atom is 0.243 e. The van der Waals surface area contributed by atoms with E-state index in [2.05, 4.69) is 15.9 Å². The molecular formula is C23H27BrN2O5S. The third-order valence-electron chi connectivity index (χ3n) is 6.22. The van der Waals surface area contributed by atoms with Gasteiger partial charge in [0.1, 0.15) is 0 Å². The summed E-state index contributed by atoms with van der Waals surface area (Å²) >= 11 is 3.50. The van der Waals surface area contributed by atoms with E-state index < -0.39 is 10.0 Å². The summed E-state index contributed by atoms with van der Waals surface area (Å²) in [5, 5.41) is 0. The Bertz CT molecular complexity index is 1140. The van der Waals surface area contributed by atoms with E-state index in [9.17, 15) is 13.2 Å². The lowest BCUT2D eigenvalue weighted by Gasteiger charge is -2.34. The van der Waals surface area contributed by atoms with Gasteiger partial charge >= 0.3 is 0 Å². The first kappa shape index (κ1) is 23.1. The van der Waals surface area contributed by atoms with Gasteiger partial charge in [-0.15, -0.1) is 0 Å². The third kappa shape index (κ3) is 4.13. The molecule has 2 heterocycles. The maximum absolute atomic E-state index is 13.5. The average molecular weight is 523 g/mol. The van der Waals surface area contributed by atoms with Crippen molar-refractivity contribution < 1.29 is 22.7 Å². The van der Waals surface area contributed by atoms with Crippen LogP contribution in [0.3, 0.4) is 0 Å². The van der Waals surface area contributed by atoms with Crippen LogP contribution in [0.1, 0.15) is 25.3 Å². The minimum absolute atomic E-state index is 0.00853. The van der Waals surface area contributed by atoms with Gasteiger partial charge in [-0.2, -0.15) is 4.31 Å². The first-order valence-electron chi connectivity index (χ1n) is 10.6. The monoisotopic (exact) mass is 522 g/mol. The van der Waals surface area contributed by atoms with Crippen LogP contribution in [-0.2, 0) is 21.2 Å². The molecule has 2 aromatic rings. The van der Waals surface area contributed by atoms with Crippen molar-refractivity contribution in [2.45, 2.75) is 37.1 Å². The summed E-state index contributed by atoms with van der Waals surface area (Å²) in [6.45, 7) is 2.59. The summed E-state index contributed by atoms with van der Waals surface area (Å²) in [5.41, 5.74) is 2.05. The van der Waals surface area contributed by atoms with Crippen molar-refractivity contribution in [3.8, 4) is 11.5 Å². The number of nitrogens with zero attached hydrogens (tertiary/aromatic N) is 2. The zero-order valence-corrected chi connectivity index (χ0v) is 20.8. The molecule has 2 aliphatic rings. The van der Waals surface area contributed by atoms with Crippen molar-refractivity contribution in [1.82, 2.24) is 4.31 Å². The second-order valence-electron chi connectivity index (χ2n) is 8.25. The van der Waals surface area contributed by atoms with Crippen molar-refractivity contribution in [2.75, 3.05) is 32.2 Å². The summed E-state index contributed by atoms with van der Waals surface area (Å²) in [6, 6.07) is 10.6. The van der Waals surface area contributed by atoms with E-state index in [-0.39, 0.29) is 29.3 Å². The molecule has 0 N–H and O–H groups in total. The molecule has 2 aliphatic heterocycles. The number of hydrogen-bond acceptors (Lipinski definition) is 5. The summed E-state index contributed by atoms with van der Waals surface area (Å²) in [4.78, 5) is 15.5. The van der Waals surface area contributed by atoms with E-state index >= 15 is 0 Å². The van der Waals surface area contributed by atoms with Crippen molar-refractivity contribution in [3.63, 3.8) is 0 Å². The largest absolute Gasteiger partial charge is 0.493 e. The van der Waals surface area contributed by atoms with E-state index in [4.69, 9.17) is 9.47 Å². The number of anilines is 1. The number of carbonyl (C=O) groups excluding carboxylic acids is 1. The lowest BCUT2D eigenvalue weighted by atomic mass is 9.97. The Morgan fingerprint density at radius 3 is 2.56 bits per heavy atom. The normalized spacial score (nSPS) is 21.3. The van der Waals surface area contributed by atoms with Gasteiger partial charge in [0.2, 0.25) is 15.9 Å². The first-order chi connectivity index (χ1) is 15.3. The molecule has 0 saturated carbocycles. The molecule has 0 bridgehead atoms. The highest BCUT2D eigenvalue weighted by atomic mass is 79.9. The third-order valence-corrected chi connectivity index (χ3v) is 8.58. The van der Waals surface area contributed by atoms with E-state index in [0.29, 0.717) is 30.9 Å². The van der Waals surface area contributed by atoms with Gasteiger partial charge in [-0.25, -0.2) is 8.42 Å². The van der Waals surface area contributed by atoms with Crippen LogP contribution in [-0.4, -0.2) is 52.0 Å². The maximum atomic E-state index is 13.5. The van der Waals surface area contributed by atoms with Crippen LogP contribution in [0.15, 0.2) is 45.8 Å². The molecule has 0 aliphatic carbocycles. The highest BCUT2D eigenvalue weighted by Gasteiger charge is 2.39. The van der Waals surface area contributed by atoms with Crippen LogP contribution in [0, 0.1) is 5.92 Å². The summed E-state index contributed by atoms with van der Waals surface area (Å²) < 4.78 is 39.6. The minimum atomic E-state index is -3.77. The Hall–Kier alpha value is -2.10. The van der Waals surface area contributed by atoms with E-state index in [1.54, 1.807) is 6.07 Å². The molecule has 2 atom stereocenters. The van der Waals surface area contributed by atoms with Gasteiger partial charge in [-0.05, 0) is 62.1 Å². The smallest absolute Gasteiger partial charge is 0.243 e. The van der Waals surface area contributed by atoms with Gasteiger partial charge in [0.15, 0.2) is 11.5 Å². The standard InChI is InChI=1S/C23H27BrN2O5S/c1-15-11-17-12-18(24)6-8-20(17)26(15)23(27)16-5-4-10-25(14-16)32(28,29)19-7-9-21(30-2)22(13-19)31-3/h6-9,12-13,15-16H,4-5,10-11,14H2,1-3H3/t15-,16+/m0/s1. The molecule has 1 amide bonds. The Morgan fingerprint density at radius 1 is 1.09 bits per heavy atom. The summed E-state index contributed by atoms with van der Waals surface area (Å²) in [6.07, 6.45) is 2.10. The van der Waals surface area contributed by atoms with Gasteiger partial charge in [-0.1, -0.05) is 15.9 Å². The number of fused-ring (bicyclic) bond motifs is 1. The van der Waals surface area contributed by atoms with Crippen molar-refractivity contribution in [2.24, 2.45) is 5.92 Å². The van der Waals surface area contributed by atoms with Gasteiger partial charge in [0.25, 0.3) is 0 Å². The second-order valence-corrected chi connectivity index (χ2v) is 11.1. The lowest BCUT2D eigenvalue weighted by molar-refractivity contribution is -0.123. The lowest BCUT2D eigenvalue weighted by Crippen LogP contribution is -2.48. The highest BCUT2D eigenvalue weighted by molar-refractivity contribution is 9.10. The Labute approximate surface area is 197 Å². The van der Waals surface area contributed by atoms with Crippen molar-refractivity contribution >= 4 is 37.5 Å². The van der Waals surface area contributed by atoms with Crippen LogP contribution >= 0.6 is 15.9 Å². The van der Waals surface area contributed by atoms with Crippen LogP contribution < -0.4 is 14.4 Å². The fourth-order valence-corrected chi connectivity index (χ4v) is 6.57. The molecule has 1 fully saturated rings. The number of methoxy groups -OCH3 is 2. The number of hydrogen-bond donors (Lipinski definition) is 0. The molecule has 2 aromatic carbocycles. The molecule has 0 spiro atoms. The van der Waals surface area contributed by atoms with E-state index in [1.165, 1.54) is 30.7 Å². The predicted molar refractivity (Wildman–Crippen MR) is 126 cm³/mol. The molecule has 0 unspecified atom stereocenters. The van der Waals surface area contributed by atoms with E-state index in [0.717, 1.165) is 22.1 Å². The number of ether oxygens (including phenoxy) is 2. The molecule has 32 heavy (non-hydrogen) atoms. The van der Waals surface area contributed by atoms with Crippen LogP contribution in [0.2, 0.25) is 0 Å². The molecule has 0 aromatic heterocycles. The Kier molecular flexibility index (Phi) is 6.51. The minimum Gasteiger partial charge on any atom is -0.493 e. The van der Waals surface area contributed by atoms with E-state index in [1.807, 2.05) is 30.0 Å². The number of piperidine rings is 1. The molecule has 4 rings (SSSR count). The first-order valence-corrected chi connectivity index (χ1v) is 12.8. The quantitative estimate of drug-likeness (QED) is 0.596. The zero-order chi connectivity index (χ0) is 23.0. The zero-order valence-electron chi connectivity index (χ0n) is 18.4. The fraction of sp³-hybridized carbons (Fsp3) is 0.435. The fourth-order valence-electron chi connectivity index (χ4n) is 4.62. The van der Waals surface area contributed by atoms with Gasteiger partial charge in [0, 0.05) is 35.4 Å². The number of benzene rings is 2. The van der Waals surface area contributed by atoms with Crippen molar-refractivity contribution in [1.29, 1.82) is 0 Å². The van der Waals surface area contributed by atoms with Gasteiger partial charge < -0.3 is 14.4 Å². The predicted octanol–water partition coefficient (Wildman–Crippen LogP) is 3.84. The van der Waals surface area contributed by atoms with Crippen molar-refractivity contribution in [3.05, 3.63) is 46.4 Å². The number of amides is 1. The molecule has 172 valence electrons. The molecule has 0 radical (unpaired) electrons.